The van der Waals surface area contributed by atoms with Crippen LogP contribution in [0.1, 0.15) is 38.4 Å². The van der Waals surface area contributed by atoms with E-state index in [1.807, 2.05) is 45.1 Å². The van der Waals surface area contributed by atoms with E-state index < -0.39 is 0 Å². The summed E-state index contributed by atoms with van der Waals surface area (Å²) >= 11 is 0. The third kappa shape index (κ3) is 3.53. The molecule has 0 unspecified atom stereocenters. The molecule has 0 fully saturated rings. The molecule has 102 valence electrons. The summed E-state index contributed by atoms with van der Waals surface area (Å²) in [5, 5.41) is 0. The molecule has 1 rings (SSSR count). The van der Waals surface area contributed by atoms with Crippen molar-refractivity contribution in [2.75, 3.05) is 11.4 Å². The van der Waals surface area contributed by atoms with Crippen molar-refractivity contribution in [3.05, 3.63) is 42.1 Å². The van der Waals surface area contributed by atoms with Crippen LogP contribution in [0.3, 0.4) is 0 Å². The molecule has 1 aromatic rings. The maximum Gasteiger partial charge on any atom is 0.225 e. The van der Waals surface area contributed by atoms with Crippen molar-refractivity contribution in [3.63, 3.8) is 0 Å². The van der Waals surface area contributed by atoms with Crippen molar-refractivity contribution in [3.8, 4) is 0 Å². The van der Waals surface area contributed by atoms with Crippen molar-refractivity contribution in [1.82, 2.24) is 4.98 Å². The molecule has 0 aromatic carbocycles. The van der Waals surface area contributed by atoms with Crippen molar-refractivity contribution < 1.29 is 4.79 Å². The molecule has 1 amide bonds. The molecule has 0 radical (unpaired) electrons. The maximum atomic E-state index is 11.6. The predicted octanol–water partition coefficient (Wildman–Crippen LogP) is 3.74. The number of hydrogen-bond acceptors (Lipinski definition) is 2. The summed E-state index contributed by atoms with van der Waals surface area (Å²) in [4.78, 5) is 17.9. The van der Waals surface area contributed by atoms with E-state index in [1.54, 1.807) is 11.8 Å². The third-order valence-electron chi connectivity index (χ3n) is 3.02. The van der Waals surface area contributed by atoms with Gasteiger partial charge in [0.05, 0.1) is 0 Å². The van der Waals surface area contributed by atoms with E-state index in [-0.39, 0.29) is 5.91 Å². The molecule has 0 saturated carbocycles. The molecule has 3 nitrogen and oxygen atoms in total. The van der Waals surface area contributed by atoms with Gasteiger partial charge in [-0.25, -0.2) is 4.98 Å². The van der Waals surface area contributed by atoms with Crippen LogP contribution in [0.5, 0.6) is 0 Å². The molecule has 0 aliphatic carbocycles. The van der Waals surface area contributed by atoms with Gasteiger partial charge in [-0.3, -0.25) is 9.69 Å². The minimum Gasteiger partial charge on any atom is -0.297 e. The van der Waals surface area contributed by atoms with Crippen molar-refractivity contribution >= 4 is 17.3 Å². The number of aromatic nitrogens is 1. The zero-order valence-corrected chi connectivity index (χ0v) is 12.2. The van der Waals surface area contributed by atoms with Crippen molar-refractivity contribution in [2.24, 2.45) is 0 Å². The summed E-state index contributed by atoms with van der Waals surface area (Å²) in [6, 6.07) is 3.90. The van der Waals surface area contributed by atoms with Crippen molar-refractivity contribution in [2.45, 2.75) is 34.1 Å². The molecule has 19 heavy (non-hydrogen) atoms. The average Bonchev–Trinajstić information content (AvgIpc) is 2.38. The molecule has 0 spiro atoms. The Kier molecular flexibility index (Phi) is 5.49. The van der Waals surface area contributed by atoms with Gasteiger partial charge in [0.15, 0.2) is 0 Å². The number of rotatable bonds is 5. The minimum absolute atomic E-state index is 0.0245. The molecular formula is C16H22N2O. The fourth-order valence-corrected chi connectivity index (χ4v) is 2.04. The molecule has 0 aliphatic rings. The van der Waals surface area contributed by atoms with Gasteiger partial charge in [0, 0.05) is 24.7 Å². The Morgan fingerprint density at radius 2 is 2.16 bits per heavy atom. The number of pyridine rings is 1. The molecule has 0 N–H and O–H groups in total. The second kappa shape index (κ2) is 6.88. The van der Waals surface area contributed by atoms with Gasteiger partial charge < -0.3 is 0 Å². The first kappa shape index (κ1) is 15.2. The Labute approximate surface area is 115 Å². The zero-order valence-electron chi connectivity index (χ0n) is 12.2. The quantitative estimate of drug-likeness (QED) is 0.754. The van der Waals surface area contributed by atoms with Crippen LogP contribution in [-0.2, 0) is 4.79 Å². The third-order valence-corrected chi connectivity index (χ3v) is 3.02. The summed E-state index contributed by atoms with van der Waals surface area (Å²) in [7, 11) is 0. The summed E-state index contributed by atoms with van der Waals surface area (Å²) in [5.41, 5.74) is 3.02. The van der Waals surface area contributed by atoms with Gasteiger partial charge in [0.2, 0.25) is 5.91 Å². The number of carbonyl (C=O) groups is 1. The van der Waals surface area contributed by atoms with Crippen LogP contribution in [0, 0.1) is 6.92 Å². The Balaban J connectivity index is 3.18. The molecular weight excluding hydrogens is 236 g/mol. The first-order valence-corrected chi connectivity index (χ1v) is 6.60. The highest BCUT2D eigenvalue weighted by molar-refractivity contribution is 5.90. The van der Waals surface area contributed by atoms with Crippen LogP contribution in [0.15, 0.2) is 30.9 Å². The number of anilines is 1. The number of carbonyl (C=O) groups excluding carboxylic acids is 1. The topological polar surface area (TPSA) is 33.2 Å². The van der Waals surface area contributed by atoms with Gasteiger partial charge in [-0.15, -0.1) is 0 Å². The van der Waals surface area contributed by atoms with Crippen LogP contribution in [0.25, 0.3) is 5.57 Å². The van der Waals surface area contributed by atoms with E-state index in [2.05, 4.69) is 11.6 Å². The van der Waals surface area contributed by atoms with Crippen LogP contribution in [-0.4, -0.2) is 17.4 Å². The lowest BCUT2D eigenvalue weighted by Crippen LogP contribution is -2.30. The smallest absolute Gasteiger partial charge is 0.225 e. The minimum atomic E-state index is 0.0245. The van der Waals surface area contributed by atoms with Gasteiger partial charge in [-0.2, -0.15) is 0 Å². The second-order valence-electron chi connectivity index (χ2n) is 4.42. The predicted molar refractivity (Wildman–Crippen MR) is 81.1 cm³/mol. The Morgan fingerprint density at radius 3 is 2.58 bits per heavy atom. The summed E-state index contributed by atoms with van der Waals surface area (Å²) in [6.45, 7) is 12.0. The fraction of sp³-hybridized carbons (Fsp3) is 0.375. The van der Waals surface area contributed by atoms with Crippen LogP contribution in [0.4, 0.5) is 5.82 Å². The number of allylic oxidation sites excluding steroid dienone is 3. The van der Waals surface area contributed by atoms with E-state index in [9.17, 15) is 4.79 Å². The lowest BCUT2D eigenvalue weighted by molar-refractivity contribution is -0.116. The van der Waals surface area contributed by atoms with Crippen LogP contribution < -0.4 is 4.90 Å². The van der Waals surface area contributed by atoms with Gasteiger partial charge in [-0.05, 0) is 38.0 Å². The van der Waals surface area contributed by atoms with E-state index in [4.69, 9.17) is 0 Å². The molecule has 0 saturated heterocycles. The molecule has 0 aliphatic heterocycles. The summed E-state index contributed by atoms with van der Waals surface area (Å²) in [5.74, 6) is 0.742. The SMILES string of the molecule is C=C/C(=C\C)c1ccc(N(CCC)C(C)=O)nc1C. The summed E-state index contributed by atoms with van der Waals surface area (Å²) < 4.78 is 0. The number of nitrogens with zero attached hydrogens (tertiary/aromatic N) is 2. The van der Waals surface area contributed by atoms with E-state index in [1.165, 1.54) is 0 Å². The van der Waals surface area contributed by atoms with E-state index in [0.29, 0.717) is 6.54 Å². The summed E-state index contributed by atoms with van der Waals surface area (Å²) in [6.07, 6.45) is 4.73. The van der Waals surface area contributed by atoms with E-state index >= 15 is 0 Å². The first-order valence-electron chi connectivity index (χ1n) is 6.60. The highest BCUT2D eigenvalue weighted by Gasteiger charge is 2.13. The number of hydrogen-bond donors (Lipinski definition) is 0. The molecule has 0 atom stereocenters. The van der Waals surface area contributed by atoms with Gasteiger partial charge in [0.25, 0.3) is 0 Å². The second-order valence-corrected chi connectivity index (χ2v) is 4.42. The molecule has 1 heterocycles. The molecule has 1 aromatic heterocycles. The lowest BCUT2D eigenvalue weighted by atomic mass is 10.0. The Bertz CT molecular complexity index is 503. The fourth-order valence-electron chi connectivity index (χ4n) is 2.04. The average molecular weight is 258 g/mol. The normalized spacial score (nSPS) is 11.3. The number of aryl methyl sites for hydroxylation is 1. The zero-order chi connectivity index (χ0) is 14.4. The molecule has 0 bridgehead atoms. The van der Waals surface area contributed by atoms with Gasteiger partial charge in [-0.1, -0.05) is 25.7 Å². The largest absolute Gasteiger partial charge is 0.297 e. The van der Waals surface area contributed by atoms with Crippen LogP contribution in [0.2, 0.25) is 0 Å². The lowest BCUT2D eigenvalue weighted by Gasteiger charge is -2.20. The van der Waals surface area contributed by atoms with E-state index in [0.717, 1.165) is 29.1 Å². The van der Waals surface area contributed by atoms with Gasteiger partial charge in [0.1, 0.15) is 5.82 Å². The highest BCUT2D eigenvalue weighted by Crippen LogP contribution is 2.22. The standard InChI is InChI=1S/C16H22N2O/c1-6-11-18(13(5)19)16-10-9-15(12(4)17-16)14(7-2)8-3/h7-10H,2,6,11H2,1,3-5H3/b14-8+. The van der Waals surface area contributed by atoms with Gasteiger partial charge >= 0.3 is 0 Å². The molecule has 3 heteroatoms. The highest BCUT2D eigenvalue weighted by atomic mass is 16.2. The van der Waals surface area contributed by atoms with Crippen LogP contribution >= 0.6 is 0 Å². The maximum absolute atomic E-state index is 11.6. The monoisotopic (exact) mass is 258 g/mol. The Morgan fingerprint density at radius 1 is 1.47 bits per heavy atom. The first-order chi connectivity index (χ1) is 9.04. The number of amides is 1. The Hall–Kier alpha value is -1.90. The van der Waals surface area contributed by atoms with Crippen molar-refractivity contribution in [1.29, 1.82) is 0 Å².